The van der Waals surface area contributed by atoms with Crippen LogP contribution >= 0.6 is 0 Å². The molecule has 21 heavy (non-hydrogen) atoms. The summed E-state index contributed by atoms with van der Waals surface area (Å²) in [4.78, 5) is 11.4. The Labute approximate surface area is 121 Å². The molecule has 0 heterocycles. The van der Waals surface area contributed by atoms with Crippen LogP contribution in [0.3, 0.4) is 0 Å². The van der Waals surface area contributed by atoms with E-state index in [0.717, 1.165) is 0 Å². The number of nitrogens with two attached hydrogens (primary N) is 1. The highest BCUT2D eigenvalue weighted by molar-refractivity contribution is 5.92. The molecule has 0 unspecified atom stereocenters. The average Bonchev–Trinajstić information content (AvgIpc) is 2.48. The van der Waals surface area contributed by atoms with Gasteiger partial charge in [0.25, 0.3) is 0 Å². The molecule has 0 saturated heterocycles. The molecule has 0 aromatic heterocycles. The largest absolute Gasteiger partial charge is 0.494 e. The van der Waals surface area contributed by atoms with Crippen LogP contribution in [0, 0.1) is 5.82 Å². The molecule has 0 spiro atoms. The van der Waals surface area contributed by atoms with Crippen molar-refractivity contribution in [1.82, 2.24) is 0 Å². The number of benzene rings is 2. The monoisotopic (exact) mass is 290 g/mol. The topological polar surface area (TPSA) is 73.6 Å². The Hall–Kier alpha value is -2.76. The third kappa shape index (κ3) is 3.22. The minimum absolute atomic E-state index is 0.162. The summed E-state index contributed by atoms with van der Waals surface area (Å²) in [5.74, 6) is -0.787. The zero-order valence-corrected chi connectivity index (χ0v) is 11.6. The van der Waals surface area contributed by atoms with E-state index in [-0.39, 0.29) is 5.75 Å². The van der Waals surface area contributed by atoms with Gasteiger partial charge in [0, 0.05) is 11.8 Å². The number of anilines is 3. The minimum Gasteiger partial charge on any atom is -0.494 e. The van der Waals surface area contributed by atoms with Gasteiger partial charge in [0.15, 0.2) is 11.6 Å². The van der Waals surface area contributed by atoms with Crippen molar-refractivity contribution in [1.29, 1.82) is 0 Å². The number of carbonyl (C=O) groups excluding carboxylic acids is 1. The van der Waals surface area contributed by atoms with Crippen molar-refractivity contribution >= 4 is 23.0 Å². The molecule has 110 valence electrons. The van der Waals surface area contributed by atoms with Gasteiger partial charge < -0.3 is 20.5 Å². The highest BCUT2D eigenvalue weighted by atomic mass is 19.1. The van der Waals surface area contributed by atoms with Gasteiger partial charge in [-0.2, -0.15) is 0 Å². The van der Waals surface area contributed by atoms with Crippen LogP contribution in [0.2, 0.25) is 0 Å². The number of nitrogen functional groups attached to an aromatic ring is 1. The molecule has 2 rings (SSSR count). The predicted molar refractivity (Wildman–Crippen MR) is 78.4 cm³/mol. The quantitative estimate of drug-likeness (QED) is 0.669. The molecule has 0 atom stereocenters. The number of rotatable bonds is 4. The summed E-state index contributed by atoms with van der Waals surface area (Å²) in [6.07, 6.45) is 0. The number of methoxy groups -OCH3 is 2. The fourth-order valence-corrected chi connectivity index (χ4v) is 1.82. The van der Waals surface area contributed by atoms with Gasteiger partial charge in [0.05, 0.1) is 31.2 Å². The average molecular weight is 290 g/mol. The van der Waals surface area contributed by atoms with Crippen molar-refractivity contribution in [3.05, 3.63) is 47.8 Å². The van der Waals surface area contributed by atoms with Crippen LogP contribution in [-0.2, 0) is 4.74 Å². The summed E-state index contributed by atoms with van der Waals surface area (Å²) < 4.78 is 23.1. The van der Waals surface area contributed by atoms with Crippen molar-refractivity contribution < 1.29 is 18.7 Å². The molecule has 0 aliphatic carbocycles. The second kappa shape index (κ2) is 6.13. The summed E-state index contributed by atoms with van der Waals surface area (Å²) in [5, 5.41) is 2.98. The van der Waals surface area contributed by atoms with Gasteiger partial charge in [-0.25, -0.2) is 9.18 Å². The SMILES string of the molecule is COC(=O)c1ccc(Nc2ccc(OC)c(F)c2)c(N)c1. The van der Waals surface area contributed by atoms with Crippen molar-refractivity contribution in [2.24, 2.45) is 0 Å². The van der Waals surface area contributed by atoms with Gasteiger partial charge in [-0.3, -0.25) is 0 Å². The maximum Gasteiger partial charge on any atom is 0.337 e. The van der Waals surface area contributed by atoms with E-state index in [4.69, 9.17) is 10.5 Å². The first kappa shape index (κ1) is 14.6. The van der Waals surface area contributed by atoms with Gasteiger partial charge in [-0.1, -0.05) is 0 Å². The second-order valence-electron chi connectivity index (χ2n) is 4.27. The first-order chi connectivity index (χ1) is 10.0. The minimum atomic E-state index is -0.479. The van der Waals surface area contributed by atoms with Crippen LogP contribution < -0.4 is 15.8 Å². The maximum atomic E-state index is 13.6. The Bertz CT molecular complexity index is 674. The fraction of sp³-hybridized carbons (Fsp3) is 0.133. The van der Waals surface area contributed by atoms with Gasteiger partial charge >= 0.3 is 5.97 Å². The Morgan fingerprint density at radius 1 is 1.19 bits per heavy atom. The highest BCUT2D eigenvalue weighted by Crippen LogP contribution is 2.27. The van der Waals surface area contributed by atoms with E-state index < -0.39 is 11.8 Å². The number of halogens is 1. The molecular weight excluding hydrogens is 275 g/mol. The Morgan fingerprint density at radius 2 is 1.95 bits per heavy atom. The third-order valence-corrected chi connectivity index (χ3v) is 2.90. The smallest absolute Gasteiger partial charge is 0.337 e. The zero-order chi connectivity index (χ0) is 15.4. The van der Waals surface area contributed by atoms with Crippen LogP contribution in [0.25, 0.3) is 0 Å². The van der Waals surface area contributed by atoms with Crippen molar-refractivity contribution in [2.45, 2.75) is 0 Å². The van der Waals surface area contributed by atoms with E-state index in [1.807, 2.05) is 0 Å². The molecule has 0 radical (unpaired) electrons. The van der Waals surface area contributed by atoms with Crippen molar-refractivity contribution in [3.63, 3.8) is 0 Å². The van der Waals surface area contributed by atoms with Gasteiger partial charge in [-0.05, 0) is 30.3 Å². The summed E-state index contributed by atoms with van der Waals surface area (Å²) in [6.45, 7) is 0. The standard InChI is InChI=1S/C15H15FN2O3/c1-20-14-6-4-10(8-11(14)16)18-13-5-3-9(7-12(13)17)15(19)21-2/h3-8,18H,17H2,1-2H3. The predicted octanol–water partition coefficient (Wildman–Crippen LogP) is 2.95. The van der Waals surface area contributed by atoms with Crippen LogP contribution in [-0.4, -0.2) is 20.2 Å². The number of ether oxygens (including phenoxy) is 2. The van der Waals surface area contributed by atoms with E-state index in [0.29, 0.717) is 22.6 Å². The molecule has 2 aromatic carbocycles. The van der Waals surface area contributed by atoms with Gasteiger partial charge in [-0.15, -0.1) is 0 Å². The summed E-state index contributed by atoms with van der Waals surface area (Å²) in [6, 6.07) is 9.17. The first-order valence-corrected chi connectivity index (χ1v) is 6.13. The lowest BCUT2D eigenvalue weighted by molar-refractivity contribution is 0.0601. The third-order valence-electron chi connectivity index (χ3n) is 2.90. The molecule has 5 nitrogen and oxygen atoms in total. The van der Waals surface area contributed by atoms with Crippen molar-refractivity contribution in [3.8, 4) is 5.75 Å². The summed E-state index contributed by atoms with van der Waals surface area (Å²) >= 11 is 0. The molecule has 3 N–H and O–H groups in total. The molecular formula is C15H15FN2O3. The lowest BCUT2D eigenvalue weighted by Crippen LogP contribution is -2.04. The number of hydrogen-bond donors (Lipinski definition) is 2. The zero-order valence-electron chi connectivity index (χ0n) is 11.6. The van der Waals surface area contributed by atoms with E-state index in [1.54, 1.807) is 18.2 Å². The number of carbonyl (C=O) groups is 1. The van der Waals surface area contributed by atoms with Crippen LogP contribution in [0.15, 0.2) is 36.4 Å². The fourth-order valence-electron chi connectivity index (χ4n) is 1.82. The number of esters is 1. The van der Waals surface area contributed by atoms with E-state index in [9.17, 15) is 9.18 Å². The maximum absolute atomic E-state index is 13.6. The number of nitrogens with one attached hydrogen (secondary N) is 1. The molecule has 0 amide bonds. The Balaban J connectivity index is 2.24. The molecule has 0 bridgehead atoms. The summed E-state index contributed by atoms with van der Waals surface area (Å²) in [7, 11) is 2.69. The molecule has 6 heteroatoms. The van der Waals surface area contributed by atoms with E-state index in [2.05, 4.69) is 10.1 Å². The van der Waals surface area contributed by atoms with Crippen molar-refractivity contribution in [2.75, 3.05) is 25.3 Å². The molecule has 0 aliphatic heterocycles. The Kier molecular flexibility index (Phi) is 4.27. The highest BCUT2D eigenvalue weighted by Gasteiger charge is 2.09. The molecule has 0 aliphatic rings. The van der Waals surface area contributed by atoms with Crippen LogP contribution in [0.1, 0.15) is 10.4 Å². The first-order valence-electron chi connectivity index (χ1n) is 6.13. The normalized spacial score (nSPS) is 10.0. The second-order valence-corrected chi connectivity index (χ2v) is 4.27. The molecule has 2 aromatic rings. The van der Waals surface area contributed by atoms with Crippen LogP contribution in [0.5, 0.6) is 5.75 Å². The lowest BCUT2D eigenvalue weighted by atomic mass is 10.1. The van der Waals surface area contributed by atoms with Gasteiger partial charge in [0.2, 0.25) is 0 Å². The lowest BCUT2D eigenvalue weighted by Gasteiger charge is -2.11. The molecule has 0 saturated carbocycles. The summed E-state index contributed by atoms with van der Waals surface area (Å²) in [5.41, 5.74) is 7.65. The van der Waals surface area contributed by atoms with E-state index >= 15 is 0 Å². The molecule has 0 fully saturated rings. The number of hydrogen-bond acceptors (Lipinski definition) is 5. The Morgan fingerprint density at radius 3 is 2.52 bits per heavy atom. The van der Waals surface area contributed by atoms with E-state index in [1.165, 1.54) is 32.4 Å². The van der Waals surface area contributed by atoms with Gasteiger partial charge in [0.1, 0.15) is 0 Å². The van der Waals surface area contributed by atoms with Crippen LogP contribution in [0.4, 0.5) is 21.5 Å².